The Labute approximate surface area is 162 Å². The number of imidazole rings is 1. The smallest absolute Gasteiger partial charge is 0.326 e. The van der Waals surface area contributed by atoms with Crippen molar-refractivity contribution in [3.8, 4) is 0 Å². The van der Waals surface area contributed by atoms with Crippen LogP contribution in [-0.4, -0.2) is 33.4 Å². The Hall–Kier alpha value is -2.53. The summed E-state index contributed by atoms with van der Waals surface area (Å²) in [5.41, 5.74) is 2.86. The first-order valence-electron chi connectivity index (χ1n) is 9.33. The van der Waals surface area contributed by atoms with E-state index in [2.05, 4.69) is 4.98 Å². The quantitative estimate of drug-likeness (QED) is 0.745. The highest BCUT2D eigenvalue weighted by molar-refractivity contribution is 6.30. The predicted molar refractivity (Wildman–Crippen MR) is 107 cm³/mol. The number of nitrogens with zero attached hydrogens (tertiary/aromatic N) is 2. The molecule has 3 aromatic rings. The number of aromatic nitrogens is 2. The SMILES string of the molecule is O=C(CCc1ccc(Cl)cc1)N1CCC(n2c(=O)[nH]c3ccccc32)CC1. The van der Waals surface area contributed by atoms with Gasteiger partial charge in [-0.2, -0.15) is 0 Å². The first kappa shape index (κ1) is 17.9. The van der Waals surface area contributed by atoms with Gasteiger partial charge in [0, 0.05) is 30.6 Å². The highest BCUT2D eigenvalue weighted by Crippen LogP contribution is 2.25. The molecule has 5 nitrogen and oxygen atoms in total. The van der Waals surface area contributed by atoms with Gasteiger partial charge in [-0.1, -0.05) is 35.9 Å². The molecule has 0 radical (unpaired) electrons. The van der Waals surface area contributed by atoms with E-state index in [0.717, 1.165) is 35.9 Å². The number of halogens is 1. The highest BCUT2D eigenvalue weighted by Gasteiger charge is 2.25. The van der Waals surface area contributed by atoms with E-state index in [9.17, 15) is 9.59 Å². The second-order valence-corrected chi connectivity index (χ2v) is 7.49. The molecule has 2 aromatic carbocycles. The largest absolute Gasteiger partial charge is 0.343 e. The molecule has 1 aliphatic heterocycles. The molecule has 4 rings (SSSR count). The summed E-state index contributed by atoms with van der Waals surface area (Å²) in [6.45, 7) is 1.38. The van der Waals surface area contributed by atoms with E-state index in [1.807, 2.05) is 58.0 Å². The van der Waals surface area contributed by atoms with Gasteiger partial charge in [-0.25, -0.2) is 4.79 Å². The molecule has 1 N–H and O–H groups in total. The van der Waals surface area contributed by atoms with Crippen molar-refractivity contribution in [2.24, 2.45) is 0 Å². The summed E-state index contributed by atoms with van der Waals surface area (Å²) in [5.74, 6) is 0.176. The minimum absolute atomic E-state index is 0.0660. The van der Waals surface area contributed by atoms with Gasteiger partial charge in [-0.15, -0.1) is 0 Å². The molecule has 0 bridgehead atoms. The molecule has 0 spiro atoms. The standard InChI is InChI=1S/C21H22ClN3O2/c22-16-8-5-15(6-9-16)7-10-20(26)24-13-11-17(12-14-24)25-19-4-2-1-3-18(19)23-21(25)27/h1-6,8-9,17H,7,10-14H2,(H,23,27). The van der Waals surface area contributed by atoms with Crippen molar-refractivity contribution in [2.45, 2.75) is 31.7 Å². The van der Waals surface area contributed by atoms with Crippen LogP contribution in [0.2, 0.25) is 5.02 Å². The summed E-state index contributed by atoms with van der Waals surface area (Å²) >= 11 is 5.90. The molecule has 1 amide bonds. The summed E-state index contributed by atoms with van der Waals surface area (Å²) in [5, 5.41) is 0.708. The minimum atomic E-state index is -0.0660. The van der Waals surface area contributed by atoms with Crippen LogP contribution in [0, 0.1) is 0 Å². The third-order valence-corrected chi connectivity index (χ3v) is 5.60. The van der Waals surface area contributed by atoms with Crippen molar-refractivity contribution >= 4 is 28.5 Å². The molecule has 6 heteroatoms. The molecule has 1 aromatic heterocycles. The van der Waals surface area contributed by atoms with E-state index in [1.54, 1.807) is 0 Å². The number of para-hydroxylation sites is 2. The van der Waals surface area contributed by atoms with Gasteiger partial charge in [-0.05, 0) is 49.1 Å². The van der Waals surface area contributed by atoms with Crippen molar-refractivity contribution in [1.29, 1.82) is 0 Å². The summed E-state index contributed by atoms with van der Waals surface area (Å²) in [4.78, 5) is 29.7. The maximum atomic E-state index is 12.5. The number of benzene rings is 2. The van der Waals surface area contributed by atoms with E-state index in [1.165, 1.54) is 0 Å². The topological polar surface area (TPSA) is 58.1 Å². The minimum Gasteiger partial charge on any atom is -0.343 e. The Kier molecular flexibility index (Phi) is 5.03. The second kappa shape index (κ2) is 7.61. The Morgan fingerprint density at radius 1 is 1.07 bits per heavy atom. The number of amides is 1. The lowest BCUT2D eigenvalue weighted by atomic mass is 10.0. The average Bonchev–Trinajstić information content (AvgIpc) is 3.03. The number of likely N-dealkylation sites (tertiary alicyclic amines) is 1. The number of nitrogens with one attached hydrogen (secondary N) is 1. The van der Waals surface area contributed by atoms with Crippen LogP contribution >= 0.6 is 11.6 Å². The fraction of sp³-hybridized carbons (Fsp3) is 0.333. The Morgan fingerprint density at radius 2 is 1.78 bits per heavy atom. The third-order valence-electron chi connectivity index (χ3n) is 5.35. The summed E-state index contributed by atoms with van der Waals surface area (Å²) in [6.07, 6.45) is 2.82. The molecule has 1 saturated heterocycles. The molecule has 140 valence electrons. The van der Waals surface area contributed by atoms with E-state index in [4.69, 9.17) is 11.6 Å². The lowest BCUT2D eigenvalue weighted by Gasteiger charge is -2.32. The van der Waals surface area contributed by atoms with Crippen LogP contribution < -0.4 is 5.69 Å². The molecule has 1 fully saturated rings. The molecule has 0 unspecified atom stereocenters. The summed E-state index contributed by atoms with van der Waals surface area (Å²) in [7, 11) is 0. The number of rotatable bonds is 4. The van der Waals surface area contributed by atoms with Gasteiger partial charge in [-0.3, -0.25) is 9.36 Å². The number of carbonyl (C=O) groups is 1. The number of fused-ring (bicyclic) bond motifs is 1. The van der Waals surface area contributed by atoms with Crippen molar-refractivity contribution in [3.05, 3.63) is 69.6 Å². The van der Waals surface area contributed by atoms with Gasteiger partial charge in [0.15, 0.2) is 0 Å². The Bertz CT molecular complexity index is 998. The monoisotopic (exact) mass is 383 g/mol. The first-order valence-corrected chi connectivity index (χ1v) is 9.71. The Balaban J connectivity index is 1.37. The molecular weight excluding hydrogens is 362 g/mol. The van der Waals surface area contributed by atoms with Gasteiger partial charge in [0.1, 0.15) is 0 Å². The van der Waals surface area contributed by atoms with Crippen LogP contribution in [0.3, 0.4) is 0 Å². The van der Waals surface area contributed by atoms with Crippen molar-refractivity contribution < 1.29 is 4.79 Å². The molecule has 1 aliphatic rings. The van der Waals surface area contributed by atoms with Gasteiger partial charge >= 0.3 is 5.69 Å². The van der Waals surface area contributed by atoms with Crippen LogP contribution in [0.4, 0.5) is 0 Å². The van der Waals surface area contributed by atoms with Crippen LogP contribution in [0.5, 0.6) is 0 Å². The van der Waals surface area contributed by atoms with Crippen LogP contribution in [0.25, 0.3) is 11.0 Å². The second-order valence-electron chi connectivity index (χ2n) is 7.06. The number of carbonyl (C=O) groups excluding carboxylic acids is 1. The molecule has 0 saturated carbocycles. The lowest BCUT2D eigenvalue weighted by molar-refractivity contribution is -0.132. The maximum absolute atomic E-state index is 12.5. The molecular formula is C21H22ClN3O2. The van der Waals surface area contributed by atoms with Gasteiger partial charge in [0.25, 0.3) is 0 Å². The van der Waals surface area contributed by atoms with Crippen molar-refractivity contribution in [2.75, 3.05) is 13.1 Å². The zero-order chi connectivity index (χ0) is 18.8. The number of aryl methyl sites for hydroxylation is 1. The fourth-order valence-electron chi connectivity index (χ4n) is 3.87. The molecule has 27 heavy (non-hydrogen) atoms. The highest BCUT2D eigenvalue weighted by atomic mass is 35.5. The van der Waals surface area contributed by atoms with Crippen LogP contribution in [0.1, 0.15) is 30.9 Å². The number of hydrogen-bond acceptors (Lipinski definition) is 2. The molecule has 0 atom stereocenters. The molecule has 0 aliphatic carbocycles. The van der Waals surface area contributed by atoms with E-state index < -0.39 is 0 Å². The van der Waals surface area contributed by atoms with E-state index in [0.29, 0.717) is 24.5 Å². The van der Waals surface area contributed by atoms with Crippen LogP contribution in [0.15, 0.2) is 53.3 Å². The number of H-pyrrole nitrogens is 1. The first-order chi connectivity index (χ1) is 13.1. The van der Waals surface area contributed by atoms with Crippen LogP contribution in [-0.2, 0) is 11.2 Å². The Morgan fingerprint density at radius 3 is 2.52 bits per heavy atom. The average molecular weight is 384 g/mol. The van der Waals surface area contributed by atoms with Gasteiger partial charge in [0.2, 0.25) is 5.91 Å². The van der Waals surface area contributed by atoms with Crippen molar-refractivity contribution in [3.63, 3.8) is 0 Å². The number of aromatic amines is 1. The summed E-state index contributed by atoms with van der Waals surface area (Å²) < 4.78 is 1.85. The maximum Gasteiger partial charge on any atom is 0.326 e. The van der Waals surface area contributed by atoms with Gasteiger partial charge < -0.3 is 9.88 Å². The molecule has 2 heterocycles. The summed E-state index contributed by atoms with van der Waals surface area (Å²) in [6, 6.07) is 15.5. The van der Waals surface area contributed by atoms with E-state index in [-0.39, 0.29) is 17.6 Å². The lowest BCUT2D eigenvalue weighted by Crippen LogP contribution is -2.40. The van der Waals surface area contributed by atoms with Gasteiger partial charge in [0.05, 0.1) is 11.0 Å². The fourth-order valence-corrected chi connectivity index (χ4v) is 4.00. The normalized spacial score (nSPS) is 15.4. The zero-order valence-corrected chi connectivity index (χ0v) is 15.8. The van der Waals surface area contributed by atoms with E-state index >= 15 is 0 Å². The number of hydrogen-bond donors (Lipinski definition) is 1. The zero-order valence-electron chi connectivity index (χ0n) is 15.0. The predicted octanol–water partition coefficient (Wildman–Crippen LogP) is 3.78. The van der Waals surface area contributed by atoms with Crippen molar-refractivity contribution in [1.82, 2.24) is 14.5 Å². The number of piperidine rings is 1. The third kappa shape index (κ3) is 3.78.